The Morgan fingerprint density at radius 1 is 0.607 bits per heavy atom. The summed E-state index contributed by atoms with van der Waals surface area (Å²) < 4.78 is 7.78. The van der Waals surface area contributed by atoms with Crippen molar-refractivity contribution in [2.45, 2.75) is 63.4 Å². The van der Waals surface area contributed by atoms with Gasteiger partial charge in [0.1, 0.15) is 5.75 Å². The van der Waals surface area contributed by atoms with Gasteiger partial charge >= 0.3 is 0 Å². The van der Waals surface area contributed by atoms with E-state index >= 15 is 0 Å². The fourth-order valence-electron chi connectivity index (χ4n) is 10.9. The van der Waals surface area contributed by atoms with Gasteiger partial charge < -0.3 is 9.64 Å². The molecular weight excluding hydrogens is 681 g/mol. The summed E-state index contributed by atoms with van der Waals surface area (Å²) in [5.41, 5.74) is 14.2. The smallest absolute Gasteiger partial charge is 0.178 e. The van der Waals surface area contributed by atoms with E-state index in [4.69, 9.17) is 4.74 Å². The summed E-state index contributed by atoms with van der Waals surface area (Å²) >= 11 is 0. The SMILES string of the molecule is CC1(C)c2cc(C#N)ccc2-c2c1c1c(c3ccccc23)OC(c2ccc(N3CCCCC3)cc2)(c2ccc3c(c2)C(C)(C)c2c-3ccc3ccccc23)C=C1. The van der Waals surface area contributed by atoms with Gasteiger partial charge in [-0.05, 0) is 116 Å². The van der Waals surface area contributed by atoms with Gasteiger partial charge in [0.15, 0.2) is 5.60 Å². The zero-order valence-corrected chi connectivity index (χ0v) is 32.5. The van der Waals surface area contributed by atoms with Crippen LogP contribution in [0.4, 0.5) is 5.69 Å². The van der Waals surface area contributed by atoms with Crippen molar-refractivity contribution in [2.24, 2.45) is 0 Å². The Balaban J connectivity index is 1.14. The summed E-state index contributed by atoms with van der Waals surface area (Å²) in [6.07, 6.45) is 8.47. The third-order valence-electron chi connectivity index (χ3n) is 13.7. The van der Waals surface area contributed by atoms with E-state index < -0.39 is 5.60 Å². The van der Waals surface area contributed by atoms with Gasteiger partial charge in [-0.2, -0.15) is 5.26 Å². The van der Waals surface area contributed by atoms with E-state index in [2.05, 4.69) is 166 Å². The van der Waals surface area contributed by atoms with Gasteiger partial charge in [-0.25, -0.2) is 0 Å². The van der Waals surface area contributed by atoms with Crippen molar-refractivity contribution in [1.29, 1.82) is 5.26 Å². The summed E-state index contributed by atoms with van der Waals surface area (Å²) in [6.45, 7) is 11.6. The number of nitrogens with zero attached hydrogens (tertiary/aromatic N) is 2. The van der Waals surface area contributed by atoms with Crippen LogP contribution in [0, 0.1) is 11.3 Å². The first-order chi connectivity index (χ1) is 27.2. The number of piperidine rings is 1. The predicted molar refractivity (Wildman–Crippen MR) is 231 cm³/mol. The minimum absolute atomic E-state index is 0.206. The van der Waals surface area contributed by atoms with Crippen molar-refractivity contribution in [1.82, 2.24) is 0 Å². The van der Waals surface area contributed by atoms with Gasteiger partial charge in [0, 0.05) is 51.7 Å². The molecule has 0 aromatic heterocycles. The highest BCUT2D eigenvalue weighted by molar-refractivity contribution is 6.08. The Morgan fingerprint density at radius 2 is 1.27 bits per heavy atom. The lowest BCUT2D eigenvalue weighted by Crippen LogP contribution is -2.35. The van der Waals surface area contributed by atoms with Crippen LogP contribution in [0.2, 0.25) is 0 Å². The summed E-state index contributed by atoms with van der Waals surface area (Å²) in [5, 5.41) is 14.8. The van der Waals surface area contributed by atoms with Crippen molar-refractivity contribution >= 4 is 33.3 Å². The molecule has 1 saturated heterocycles. The largest absolute Gasteiger partial charge is 0.472 e. The Bertz CT molecular complexity index is 2880. The molecule has 2 heterocycles. The van der Waals surface area contributed by atoms with Crippen LogP contribution in [0.1, 0.15) is 91.5 Å². The van der Waals surface area contributed by atoms with E-state index in [1.807, 2.05) is 6.07 Å². The molecule has 272 valence electrons. The standard InChI is InChI=1S/C53H44N2O/c1-51(2)46-31-36(20-25-39(46)41-24-17-34-12-6-7-13-38(34)48(41)51)53(35-18-21-37(22-19-35)55-28-10-5-11-29-55)27-26-44-49-47(40-14-8-9-15-42(40)50(44)56-53)43-23-16-33(32-54)30-45(43)52(49,3)4/h6-9,12-27,30-31H,5,10-11,28-29H2,1-4H3. The van der Waals surface area contributed by atoms with Crippen molar-refractivity contribution in [3.8, 4) is 34.1 Å². The number of hydrogen-bond acceptors (Lipinski definition) is 3. The first-order valence-electron chi connectivity index (χ1n) is 20.3. The summed E-state index contributed by atoms with van der Waals surface area (Å²) in [6, 6.07) is 47.0. The van der Waals surface area contributed by atoms with Crippen molar-refractivity contribution in [3.05, 3.63) is 172 Å². The second kappa shape index (κ2) is 11.7. The first kappa shape index (κ1) is 33.2. The van der Waals surface area contributed by atoms with E-state index in [-0.39, 0.29) is 10.8 Å². The summed E-state index contributed by atoms with van der Waals surface area (Å²) in [4.78, 5) is 2.53. The van der Waals surface area contributed by atoms with Crippen LogP contribution in [0.3, 0.4) is 0 Å². The van der Waals surface area contributed by atoms with Gasteiger partial charge in [-0.1, -0.05) is 125 Å². The molecule has 56 heavy (non-hydrogen) atoms. The Labute approximate surface area is 329 Å². The molecule has 0 amide bonds. The van der Waals surface area contributed by atoms with Gasteiger partial charge in [0.2, 0.25) is 0 Å². The van der Waals surface area contributed by atoms with E-state index in [0.29, 0.717) is 5.56 Å². The molecule has 0 radical (unpaired) electrons. The number of nitriles is 1. The number of hydrogen-bond donors (Lipinski definition) is 0. The van der Waals surface area contributed by atoms with Crippen LogP contribution in [0.25, 0.3) is 49.9 Å². The topological polar surface area (TPSA) is 36.3 Å². The lowest BCUT2D eigenvalue weighted by molar-refractivity contribution is 0.163. The number of fused-ring (bicyclic) bond motifs is 13. The third-order valence-corrected chi connectivity index (χ3v) is 13.7. The van der Waals surface area contributed by atoms with Crippen molar-refractivity contribution < 1.29 is 4.74 Å². The number of rotatable bonds is 3. The van der Waals surface area contributed by atoms with Crippen molar-refractivity contribution in [2.75, 3.05) is 18.0 Å². The van der Waals surface area contributed by atoms with Crippen LogP contribution < -0.4 is 9.64 Å². The predicted octanol–water partition coefficient (Wildman–Crippen LogP) is 12.8. The van der Waals surface area contributed by atoms with Gasteiger partial charge in [0.25, 0.3) is 0 Å². The molecule has 0 N–H and O–H groups in total. The van der Waals surface area contributed by atoms with Crippen LogP contribution >= 0.6 is 0 Å². The van der Waals surface area contributed by atoms with Gasteiger partial charge in [-0.3, -0.25) is 0 Å². The number of benzene rings is 7. The molecular formula is C53H44N2O. The van der Waals surface area contributed by atoms with E-state index in [1.54, 1.807) is 0 Å². The zero-order chi connectivity index (χ0) is 38.0. The highest BCUT2D eigenvalue weighted by Crippen LogP contribution is 2.59. The summed E-state index contributed by atoms with van der Waals surface area (Å²) in [7, 11) is 0. The fourth-order valence-corrected chi connectivity index (χ4v) is 10.9. The molecule has 11 rings (SSSR count). The molecule has 4 aliphatic rings. The Hall–Kier alpha value is -6.11. The molecule has 7 aromatic rings. The Kier molecular flexibility index (Phi) is 6.95. The number of ether oxygens (including phenoxy) is 1. The molecule has 2 aliphatic heterocycles. The molecule has 0 spiro atoms. The number of anilines is 1. The Morgan fingerprint density at radius 3 is 2.05 bits per heavy atom. The van der Waals surface area contributed by atoms with E-state index in [0.717, 1.165) is 40.9 Å². The quantitative estimate of drug-likeness (QED) is 0.182. The van der Waals surface area contributed by atoms with Crippen LogP contribution in [-0.2, 0) is 16.4 Å². The molecule has 3 nitrogen and oxygen atoms in total. The third kappa shape index (κ3) is 4.45. The maximum Gasteiger partial charge on any atom is 0.178 e. The molecule has 3 heteroatoms. The highest BCUT2D eigenvalue weighted by Gasteiger charge is 2.46. The average Bonchev–Trinajstić information content (AvgIpc) is 3.63. The molecule has 2 aliphatic carbocycles. The zero-order valence-electron chi connectivity index (χ0n) is 32.5. The minimum atomic E-state index is -0.879. The lowest BCUT2D eigenvalue weighted by atomic mass is 9.75. The van der Waals surface area contributed by atoms with E-state index in [1.165, 1.54) is 85.6 Å². The van der Waals surface area contributed by atoms with Crippen molar-refractivity contribution in [3.63, 3.8) is 0 Å². The van der Waals surface area contributed by atoms with Gasteiger partial charge in [0.05, 0.1) is 11.6 Å². The maximum absolute atomic E-state index is 9.89. The monoisotopic (exact) mass is 724 g/mol. The molecule has 1 unspecified atom stereocenters. The van der Waals surface area contributed by atoms with Crippen LogP contribution in [-0.4, -0.2) is 13.1 Å². The summed E-state index contributed by atoms with van der Waals surface area (Å²) in [5.74, 6) is 0.914. The van der Waals surface area contributed by atoms with Gasteiger partial charge in [-0.15, -0.1) is 0 Å². The molecule has 0 saturated carbocycles. The molecule has 0 bridgehead atoms. The second-order valence-electron chi connectivity index (χ2n) is 17.4. The second-order valence-corrected chi connectivity index (χ2v) is 17.4. The van der Waals surface area contributed by atoms with Crippen LogP contribution in [0.5, 0.6) is 5.75 Å². The maximum atomic E-state index is 9.89. The first-order valence-corrected chi connectivity index (χ1v) is 20.3. The van der Waals surface area contributed by atoms with Crippen LogP contribution in [0.15, 0.2) is 127 Å². The lowest BCUT2D eigenvalue weighted by Gasteiger charge is -2.39. The molecule has 1 fully saturated rings. The average molecular weight is 725 g/mol. The minimum Gasteiger partial charge on any atom is -0.472 e. The van der Waals surface area contributed by atoms with E-state index in [9.17, 15) is 5.26 Å². The normalized spacial score (nSPS) is 19.4. The fraction of sp³-hybridized carbons (Fsp3) is 0.226. The molecule has 1 atom stereocenters. The highest BCUT2D eigenvalue weighted by atomic mass is 16.5. The molecule has 7 aromatic carbocycles.